The molecule has 0 aliphatic heterocycles. The fourth-order valence-corrected chi connectivity index (χ4v) is 3.05. The van der Waals surface area contributed by atoms with Crippen LogP contribution in [0.15, 0.2) is 35.4 Å². The highest BCUT2D eigenvalue weighted by Gasteiger charge is 2.22. The third-order valence-electron chi connectivity index (χ3n) is 3.23. The van der Waals surface area contributed by atoms with Crippen molar-refractivity contribution in [2.75, 3.05) is 0 Å². The first-order valence-corrected chi connectivity index (χ1v) is 8.27. The molecule has 5 nitrogen and oxygen atoms in total. The van der Waals surface area contributed by atoms with Crippen LogP contribution in [0.2, 0.25) is 0 Å². The summed E-state index contributed by atoms with van der Waals surface area (Å²) < 4.78 is 1.47. The Hall–Kier alpha value is -1.82. The number of thioether (sulfide) groups is 1. The van der Waals surface area contributed by atoms with Gasteiger partial charge in [-0.2, -0.15) is 0 Å². The lowest BCUT2D eigenvalue weighted by atomic mass is 10.0. The minimum Gasteiger partial charge on any atom is -0.480 e. The predicted molar refractivity (Wildman–Crippen MR) is 86.9 cm³/mol. The molecule has 0 saturated heterocycles. The molecule has 0 bridgehead atoms. The molecular weight excluding hydrogens is 298 g/mol. The van der Waals surface area contributed by atoms with Gasteiger partial charge in [0.25, 0.3) is 0 Å². The van der Waals surface area contributed by atoms with Gasteiger partial charge in [0, 0.05) is 10.6 Å². The third kappa shape index (κ3) is 4.59. The van der Waals surface area contributed by atoms with Crippen molar-refractivity contribution in [3.63, 3.8) is 0 Å². The Balaban J connectivity index is 2.02. The Kier molecular flexibility index (Phi) is 5.60. The molecule has 118 valence electrons. The Labute approximate surface area is 134 Å². The maximum Gasteiger partial charge on any atom is 0.328 e. The van der Waals surface area contributed by atoms with Gasteiger partial charge in [0.2, 0.25) is 0 Å². The molecule has 0 radical (unpaired) electrons. The van der Waals surface area contributed by atoms with Gasteiger partial charge >= 0.3 is 5.97 Å². The number of carboxylic acids is 1. The molecule has 6 heteroatoms. The zero-order valence-corrected chi connectivity index (χ0v) is 13.9. The molecule has 0 saturated carbocycles. The normalized spacial score (nSPS) is 12.5. The van der Waals surface area contributed by atoms with Gasteiger partial charge in [-0.1, -0.05) is 36.8 Å². The fourth-order valence-electron chi connectivity index (χ4n) is 2.16. The van der Waals surface area contributed by atoms with Crippen molar-refractivity contribution in [1.82, 2.24) is 15.0 Å². The van der Waals surface area contributed by atoms with E-state index >= 15 is 0 Å². The molecule has 1 N–H and O–H groups in total. The lowest BCUT2D eigenvalue weighted by Gasteiger charge is -2.13. The first-order chi connectivity index (χ1) is 10.5. The Morgan fingerprint density at radius 2 is 2.18 bits per heavy atom. The number of carboxylic acid groups (broad SMARTS) is 1. The lowest BCUT2D eigenvalue weighted by Crippen LogP contribution is -2.21. The molecule has 0 aliphatic rings. The van der Waals surface area contributed by atoms with Crippen LogP contribution in [0.1, 0.15) is 37.6 Å². The van der Waals surface area contributed by atoms with Gasteiger partial charge in [-0.3, -0.25) is 0 Å². The first kappa shape index (κ1) is 16.5. The van der Waals surface area contributed by atoms with Crippen molar-refractivity contribution in [2.45, 2.75) is 43.9 Å². The van der Waals surface area contributed by atoms with E-state index in [-0.39, 0.29) is 5.92 Å². The molecule has 2 rings (SSSR count). The number of hydrogen-bond acceptors (Lipinski definition) is 4. The van der Waals surface area contributed by atoms with E-state index in [0.29, 0.717) is 12.2 Å². The largest absolute Gasteiger partial charge is 0.480 e. The molecule has 2 aromatic rings. The van der Waals surface area contributed by atoms with Crippen molar-refractivity contribution < 1.29 is 9.90 Å². The van der Waals surface area contributed by atoms with E-state index in [1.54, 1.807) is 18.0 Å². The van der Waals surface area contributed by atoms with Crippen LogP contribution in [0.4, 0.5) is 0 Å². The lowest BCUT2D eigenvalue weighted by molar-refractivity contribution is -0.141. The summed E-state index contributed by atoms with van der Waals surface area (Å²) in [6.45, 7) is 6.06. The highest BCUT2D eigenvalue weighted by atomic mass is 32.2. The fraction of sp³-hybridized carbons (Fsp3) is 0.438. The van der Waals surface area contributed by atoms with Gasteiger partial charge in [-0.15, -0.1) is 16.9 Å². The maximum atomic E-state index is 11.4. The van der Waals surface area contributed by atoms with E-state index < -0.39 is 12.0 Å². The van der Waals surface area contributed by atoms with Crippen molar-refractivity contribution in [3.8, 4) is 0 Å². The van der Waals surface area contributed by atoms with E-state index in [0.717, 1.165) is 5.69 Å². The highest BCUT2D eigenvalue weighted by Crippen LogP contribution is 2.23. The molecule has 1 aromatic heterocycles. The number of benzene rings is 1. The van der Waals surface area contributed by atoms with Gasteiger partial charge in [-0.05, 0) is 31.4 Å². The van der Waals surface area contributed by atoms with Crippen LogP contribution in [0.5, 0.6) is 0 Å². The van der Waals surface area contributed by atoms with Gasteiger partial charge in [0.15, 0.2) is 6.04 Å². The molecule has 0 aliphatic carbocycles. The SMILES string of the molecule is Cc1cccc(SCc2cn([C@@H](CC(C)C)C(=O)O)nn2)c1. The van der Waals surface area contributed by atoms with E-state index in [1.807, 2.05) is 19.9 Å². The summed E-state index contributed by atoms with van der Waals surface area (Å²) >= 11 is 1.67. The molecule has 1 atom stereocenters. The number of aliphatic carboxylic acids is 1. The van der Waals surface area contributed by atoms with Crippen LogP contribution in [0, 0.1) is 12.8 Å². The molecule has 0 fully saturated rings. The van der Waals surface area contributed by atoms with Gasteiger partial charge in [-0.25, -0.2) is 9.48 Å². The molecule has 0 unspecified atom stereocenters. The quantitative estimate of drug-likeness (QED) is 0.790. The second-order valence-corrected chi connectivity index (χ2v) is 6.83. The number of nitrogens with zero attached hydrogens (tertiary/aromatic N) is 3. The van der Waals surface area contributed by atoms with Gasteiger partial charge in [0.1, 0.15) is 0 Å². The Morgan fingerprint density at radius 1 is 1.41 bits per heavy atom. The number of carbonyl (C=O) groups is 1. The minimum atomic E-state index is -0.864. The first-order valence-electron chi connectivity index (χ1n) is 7.28. The van der Waals surface area contributed by atoms with E-state index in [4.69, 9.17) is 0 Å². The summed E-state index contributed by atoms with van der Waals surface area (Å²) in [7, 11) is 0. The zero-order valence-electron chi connectivity index (χ0n) is 13.1. The van der Waals surface area contributed by atoms with Crippen LogP contribution >= 0.6 is 11.8 Å². The molecule has 0 amide bonds. The van der Waals surface area contributed by atoms with Gasteiger partial charge < -0.3 is 5.11 Å². The standard InChI is InChI=1S/C16H21N3O2S/c1-11(2)7-15(16(20)21)19-9-13(17-18-19)10-22-14-6-4-5-12(3)8-14/h4-6,8-9,11,15H,7,10H2,1-3H3,(H,20,21)/t15-/m0/s1. The topological polar surface area (TPSA) is 68.0 Å². The number of rotatable bonds is 7. The van der Waals surface area contributed by atoms with Crippen molar-refractivity contribution >= 4 is 17.7 Å². The molecule has 22 heavy (non-hydrogen) atoms. The average molecular weight is 319 g/mol. The van der Waals surface area contributed by atoms with E-state index in [9.17, 15) is 9.90 Å². The van der Waals surface area contributed by atoms with Crippen LogP contribution < -0.4 is 0 Å². The van der Waals surface area contributed by atoms with Crippen molar-refractivity contribution in [2.24, 2.45) is 5.92 Å². The smallest absolute Gasteiger partial charge is 0.328 e. The third-order valence-corrected chi connectivity index (χ3v) is 4.26. The highest BCUT2D eigenvalue weighted by molar-refractivity contribution is 7.98. The average Bonchev–Trinajstić information content (AvgIpc) is 2.91. The van der Waals surface area contributed by atoms with Crippen LogP contribution in [-0.2, 0) is 10.5 Å². The summed E-state index contributed by atoms with van der Waals surface area (Å²) in [4.78, 5) is 12.5. The Bertz CT molecular complexity index is 640. The Morgan fingerprint density at radius 3 is 2.82 bits per heavy atom. The van der Waals surface area contributed by atoms with Crippen molar-refractivity contribution in [1.29, 1.82) is 0 Å². The maximum absolute atomic E-state index is 11.4. The number of aryl methyl sites for hydroxylation is 1. The predicted octanol–water partition coefficient (Wildman–Crippen LogP) is 3.55. The van der Waals surface area contributed by atoms with E-state index in [1.165, 1.54) is 15.1 Å². The summed E-state index contributed by atoms with van der Waals surface area (Å²) in [6, 6.07) is 7.61. The summed E-state index contributed by atoms with van der Waals surface area (Å²) in [5.74, 6) is 0.101. The second kappa shape index (κ2) is 7.45. The minimum absolute atomic E-state index is 0.287. The van der Waals surface area contributed by atoms with Crippen molar-refractivity contribution in [3.05, 3.63) is 41.7 Å². The summed E-state index contributed by atoms with van der Waals surface area (Å²) in [5, 5.41) is 17.4. The van der Waals surface area contributed by atoms with Crippen LogP contribution in [-0.4, -0.2) is 26.1 Å². The molecular formula is C16H21N3O2S. The molecule has 1 aromatic carbocycles. The van der Waals surface area contributed by atoms with Crippen LogP contribution in [0.25, 0.3) is 0 Å². The number of aromatic nitrogens is 3. The zero-order chi connectivity index (χ0) is 16.1. The molecule has 1 heterocycles. The van der Waals surface area contributed by atoms with Gasteiger partial charge in [0.05, 0.1) is 11.9 Å². The second-order valence-electron chi connectivity index (χ2n) is 5.78. The number of hydrogen-bond donors (Lipinski definition) is 1. The summed E-state index contributed by atoms with van der Waals surface area (Å²) in [5.41, 5.74) is 2.01. The molecule has 0 spiro atoms. The summed E-state index contributed by atoms with van der Waals surface area (Å²) in [6.07, 6.45) is 2.28. The van der Waals surface area contributed by atoms with E-state index in [2.05, 4.69) is 35.4 Å². The monoisotopic (exact) mass is 319 g/mol. The van der Waals surface area contributed by atoms with Crippen LogP contribution in [0.3, 0.4) is 0 Å².